The van der Waals surface area contributed by atoms with Crippen LogP contribution in [0.3, 0.4) is 0 Å². The maximum absolute atomic E-state index is 17.2. The summed E-state index contributed by atoms with van der Waals surface area (Å²) in [4.78, 5) is 33.2. The zero-order valence-corrected chi connectivity index (χ0v) is 70.2. The second-order valence-corrected chi connectivity index (χ2v) is 44.7. The Balaban J connectivity index is 0.916. The van der Waals surface area contributed by atoms with Crippen LogP contribution in [-0.2, 0) is 0 Å². The molecule has 0 aliphatic heterocycles. The molecule has 0 radical (unpaired) electrons. The van der Waals surface area contributed by atoms with Crippen molar-refractivity contribution in [3.63, 3.8) is 0 Å². The monoisotopic (exact) mass is 1740 g/mol. The Bertz CT molecular complexity index is 6810. The zero-order valence-electron chi connectivity index (χ0n) is 65.1. The predicted molar refractivity (Wildman–Crippen MR) is 488 cm³/mol. The van der Waals surface area contributed by atoms with Crippen molar-refractivity contribution in [1.82, 2.24) is 0 Å². The van der Waals surface area contributed by atoms with Crippen LogP contribution in [0.4, 0.5) is 52.7 Å². The van der Waals surface area contributed by atoms with Crippen LogP contribution in [0.2, 0.25) is 0 Å². The second-order valence-electron chi connectivity index (χ2n) is 31.4. The fourth-order valence-electron chi connectivity index (χ4n) is 19.6. The van der Waals surface area contributed by atoms with Gasteiger partial charge < -0.3 is 0 Å². The number of hydrogen-bond donors (Lipinski definition) is 2. The van der Waals surface area contributed by atoms with E-state index in [0.717, 1.165) is 45.3 Å². The molecule has 14 aromatic carbocycles. The molecule has 20 rings (SSSR count). The predicted octanol–water partition coefficient (Wildman–Crippen LogP) is 26.9. The molecular weight excluding hydrogens is 1680 g/mol. The first-order valence-corrected chi connectivity index (χ1v) is 46.9. The van der Waals surface area contributed by atoms with Crippen LogP contribution in [-0.4, -0.2) is 45.3 Å². The Morgan fingerprint density at radius 2 is 0.451 bits per heavy atom. The molecule has 0 saturated heterocycles. The van der Waals surface area contributed by atoms with Gasteiger partial charge >= 0.3 is 535 Å². The van der Waals surface area contributed by atoms with E-state index in [1.807, 2.05) is 243 Å². The first kappa shape index (κ1) is 79.3. The topological polar surface area (TPSA) is 40.5 Å². The van der Waals surface area contributed by atoms with E-state index in [-0.39, 0.29) is 52.2 Å². The molecule has 0 spiro atoms. The van der Waals surface area contributed by atoms with Gasteiger partial charge in [0.25, 0.3) is 0 Å². The number of allylic oxidation sites excluding steroid dienone is 4. The van der Waals surface area contributed by atoms with E-state index in [9.17, 15) is 0 Å². The number of aryl methyl sites for hydroxylation is 4. The van der Waals surface area contributed by atoms with Gasteiger partial charge in [-0.1, -0.05) is 36.4 Å². The quantitative estimate of drug-likeness (QED) is 0.0793. The SMILES string of the molecule is Cc1sc2ccccc2c1C1=C(c2c(C)sc3cc(-c4cccc5c(-c6c(P(O)(c7ccccc7)(c7ccccc7)c7ccccc7)ccc7c(-c8ccc9c(C%10=C(c%11c(C)sc%12ccccc%11%12)C(F)(F)C(F)(F)C%10(F)F)c(C)sc9c8)cccc67)c(P(O)(c6ccccc6)(c6ccccc6)c6ccccc6)ccc45)ccc23)C(F)(F)C(F)(F)C1(F)F. The van der Waals surface area contributed by atoms with Gasteiger partial charge in [-0.3, -0.25) is 0 Å². The van der Waals surface area contributed by atoms with Gasteiger partial charge in [-0.2, -0.15) is 52.7 Å². The summed E-state index contributed by atoms with van der Waals surface area (Å²) in [7, 11) is 0. The average Bonchev–Trinajstić information content (AvgIpc) is 0.933. The second kappa shape index (κ2) is 27.7. The summed E-state index contributed by atoms with van der Waals surface area (Å²) < 4.78 is 204. The summed E-state index contributed by atoms with van der Waals surface area (Å²) in [5, 5.41) is 6.43. The number of halogens is 12. The Morgan fingerprint density at radius 1 is 0.221 bits per heavy atom. The van der Waals surface area contributed by atoms with E-state index >= 15 is 62.5 Å². The van der Waals surface area contributed by atoms with Gasteiger partial charge in [-0.25, -0.2) is 0 Å². The molecular formula is C102H68F12O2P2S4. The Labute approximate surface area is 709 Å². The average molecular weight is 1740 g/mol. The van der Waals surface area contributed by atoms with E-state index in [1.165, 1.54) is 52.0 Å². The number of fused-ring (bicyclic) bond motifs is 6. The van der Waals surface area contributed by atoms with Gasteiger partial charge in [0.2, 0.25) is 0 Å². The molecule has 0 unspecified atom stereocenters. The van der Waals surface area contributed by atoms with Crippen LogP contribution in [0.25, 0.3) is 118 Å². The van der Waals surface area contributed by atoms with Gasteiger partial charge in [0.1, 0.15) is 0 Å². The molecule has 606 valence electrons. The molecule has 2 nitrogen and oxygen atoms in total. The molecule has 0 atom stereocenters. The van der Waals surface area contributed by atoms with Crippen molar-refractivity contribution < 1.29 is 62.5 Å². The molecule has 18 aromatic rings. The van der Waals surface area contributed by atoms with Gasteiger partial charge in [0.05, 0.1) is 0 Å². The van der Waals surface area contributed by atoms with Crippen LogP contribution in [0, 0.1) is 27.7 Å². The van der Waals surface area contributed by atoms with Crippen molar-refractivity contribution in [3.8, 4) is 33.4 Å². The summed E-state index contributed by atoms with van der Waals surface area (Å²) in [5.74, 6) is -33.1. The van der Waals surface area contributed by atoms with E-state index in [4.69, 9.17) is 0 Å². The number of hydrogen-bond acceptors (Lipinski definition) is 6. The fourth-order valence-corrected chi connectivity index (χ4v) is 34.0. The molecule has 0 amide bonds. The third-order valence-electron chi connectivity index (χ3n) is 25.1. The molecule has 4 heterocycles. The Morgan fingerprint density at radius 3 is 0.730 bits per heavy atom. The summed E-state index contributed by atoms with van der Waals surface area (Å²) >= 11 is 4.09. The van der Waals surface area contributed by atoms with Gasteiger partial charge in [0.15, 0.2) is 0 Å². The molecule has 2 aliphatic carbocycles. The van der Waals surface area contributed by atoms with Crippen molar-refractivity contribution in [2.24, 2.45) is 0 Å². The number of thiophene rings is 4. The Kier molecular flexibility index (Phi) is 18.0. The molecule has 20 heteroatoms. The molecule has 4 aromatic heterocycles. The van der Waals surface area contributed by atoms with Gasteiger partial charge in [-0.05, 0) is 26.0 Å². The zero-order chi connectivity index (χ0) is 84.8. The van der Waals surface area contributed by atoms with Crippen molar-refractivity contribution in [2.75, 3.05) is 0 Å². The smallest absolute Gasteiger partial charge is 0.194 e. The van der Waals surface area contributed by atoms with Gasteiger partial charge in [0, 0.05) is 41.1 Å². The van der Waals surface area contributed by atoms with E-state index in [0.29, 0.717) is 116 Å². The molecule has 122 heavy (non-hydrogen) atoms. The van der Waals surface area contributed by atoms with Crippen LogP contribution in [0.1, 0.15) is 41.8 Å². The van der Waals surface area contributed by atoms with E-state index in [1.54, 1.807) is 60.7 Å². The first-order chi connectivity index (χ1) is 58.4. The third kappa shape index (κ3) is 10.5. The molecule has 2 aliphatic rings. The van der Waals surface area contributed by atoms with E-state index in [2.05, 4.69) is 0 Å². The van der Waals surface area contributed by atoms with Crippen molar-refractivity contribution in [1.29, 1.82) is 0 Å². The Hall–Kier alpha value is -11.1. The maximum atomic E-state index is 17.2. The fraction of sp³-hybridized carbons (Fsp3) is 0.0980. The third-order valence-corrected chi connectivity index (χ3v) is 39.8. The minimum Gasteiger partial charge on any atom is -0.194 e. The minimum atomic E-state index is -5.84. The minimum absolute atomic E-state index is 0.0414. The van der Waals surface area contributed by atoms with Crippen LogP contribution < -0.4 is 42.4 Å². The van der Waals surface area contributed by atoms with Gasteiger partial charge in [-0.15, -0.1) is 22.7 Å². The molecule has 0 bridgehead atoms. The molecule has 2 N–H and O–H groups in total. The number of rotatable bonds is 15. The summed E-state index contributed by atoms with van der Waals surface area (Å²) in [6.07, 6.45) is 0. The number of benzene rings is 14. The number of alkyl halides is 12. The molecule has 0 saturated carbocycles. The normalized spacial score (nSPS) is 16.8. The van der Waals surface area contributed by atoms with E-state index < -0.39 is 82.6 Å². The summed E-state index contributed by atoms with van der Waals surface area (Å²) in [6, 6.07) is 98.1. The van der Waals surface area contributed by atoms with Crippen molar-refractivity contribution in [3.05, 3.63) is 369 Å². The summed E-state index contributed by atoms with van der Waals surface area (Å²) in [5.41, 5.74) is -4.41. The van der Waals surface area contributed by atoms with Crippen LogP contribution >= 0.6 is 59.0 Å². The standard InChI is InChI=1S/C102H68F12O2P2S4/c1-59-87(77-41-23-25-47-83(77)119-59)93-95(99(107,108)101(111,112)97(93,103)104)89-61(3)121-85-57-63(49-51-79(85)89)71-43-27-45-75-73(71)53-55-81(117(115,65-29-11-5-12-30-65,66-31-13-6-14-32-66)67-33-15-7-16-34-67)91(75)92-76-46-28-44-72(74(76)54-56-82(92)118(116,68-35-17-8-18-36-68,69-37-19-9-20-38-69)70-39-21-10-22-40-70)64-50-52-80-86(58-64)122-62(4)90(80)96-94(98(105,106)102(113,114)100(96,109)110)88-60(2)120-84-48-26-24-42-78(84)88/h5-58,115-116H,1-4H3. The first-order valence-electron chi connectivity index (χ1n) is 39.2. The molecule has 0 fully saturated rings. The summed E-state index contributed by atoms with van der Waals surface area (Å²) in [6.45, 7) is -5.04. The van der Waals surface area contributed by atoms with Crippen molar-refractivity contribution >= 4 is 186 Å². The van der Waals surface area contributed by atoms with Crippen LogP contribution in [0.15, 0.2) is 328 Å². The van der Waals surface area contributed by atoms with Crippen molar-refractivity contribution in [2.45, 2.75) is 63.2 Å². The van der Waals surface area contributed by atoms with Crippen LogP contribution in [0.5, 0.6) is 0 Å².